The van der Waals surface area contributed by atoms with E-state index >= 15 is 0 Å². The van der Waals surface area contributed by atoms with Crippen LogP contribution in [0.25, 0.3) is 0 Å². The number of nitrogens with zero attached hydrogens (tertiary/aromatic N) is 1. The third-order valence-electron chi connectivity index (χ3n) is 2.85. The zero-order valence-corrected chi connectivity index (χ0v) is 10.5. The van der Waals surface area contributed by atoms with Crippen LogP contribution in [0.15, 0.2) is 23.2 Å². The molecule has 92 valence electrons. The molecule has 1 fully saturated rings. The van der Waals surface area contributed by atoms with Crippen molar-refractivity contribution in [3.63, 3.8) is 0 Å². The molecule has 3 N–H and O–H groups in total. The number of nitrogens with two attached hydrogens (primary N) is 1. The van der Waals surface area contributed by atoms with Gasteiger partial charge in [-0.2, -0.15) is 0 Å². The first-order valence-electron chi connectivity index (χ1n) is 5.88. The second-order valence-corrected chi connectivity index (χ2v) is 5.31. The Labute approximate surface area is 105 Å². The van der Waals surface area contributed by atoms with Gasteiger partial charge in [-0.15, -0.1) is 11.8 Å². The smallest absolute Gasteiger partial charge is 0.230 e. The molecule has 1 aromatic heterocycles. The predicted octanol–water partition coefficient (Wildman–Crippen LogP) is 1.81. The lowest BCUT2D eigenvalue weighted by Crippen LogP contribution is -2.33. The van der Waals surface area contributed by atoms with Crippen LogP contribution in [0.2, 0.25) is 0 Å². The van der Waals surface area contributed by atoms with Gasteiger partial charge in [0.25, 0.3) is 0 Å². The summed E-state index contributed by atoms with van der Waals surface area (Å²) in [5.41, 5.74) is 5.49. The summed E-state index contributed by atoms with van der Waals surface area (Å²) in [4.78, 5) is 16.6. The van der Waals surface area contributed by atoms with Gasteiger partial charge in [-0.25, -0.2) is 4.98 Å². The maximum atomic E-state index is 11.7. The molecule has 4 nitrogen and oxygen atoms in total. The van der Waals surface area contributed by atoms with Gasteiger partial charge in [-0.05, 0) is 25.0 Å². The molecule has 0 aliphatic heterocycles. The minimum absolute atomic E-state index is 0.110. The summed E-state index contributed by atoms with van der Waals surface area (Å²) in [6.45, 7) is 0. The summed E-state index contributed by atoms with van der Waals surface area (Å²) in [5, 5.41) is 3.06. The first-order chi connectivity index (χ1) is 8.24. The van der Waals surface area contributed by atoms with Gasteiger partial charge in [0.05, 0.1) is 5.75 Å². The molecule has 5 heteroatoms. The summed E-state index contributed by atoms with van der Waals surface area (Å²) in [6.07, 6.45) is 6.42. The number of thioether (sulfide) groups is 1. The van der Waals surface area contributed by atoms with Gasteiger partial charge in [-0.1, -0.05) is 12.8 Å². The van der Waals surface area contributed by atoms with E-state index in [4.69, 9.17) is 5.73 Å². The predicted molar refractivity (Wildman–Crippen MR) is 69.8 cm³/mol. The Morgan fingerprint density at radius 3 is 2.88 bits per heavy atom. The molecule has 0 spiro atoms. The van der Waals surface area contributed by atoms with E-state index in [2.05, 4.69) is 10.3 Å². The summed E-state index contributed by atoms with van der Waals surface area (Å²) < 4.78 is 0. The fourth-order valence-corrected chi connectivity index (χ4v) is 2.64. The Morgan fingerprint density at radius 2 is 2.24 bits per heavy atom. The topological polar surface area (TPSA) is 68.0 Å². The van der Waals surface area contributed by atoms with Gasteiger partial charge in [0.15, 0.2) is 0 Å². The fraction of sp³-hybridized carbons (Fsp3) is 0.500. The Morgan fingerprint density at radius 1 is 1.47 bits per heavy atom. The molecule has 17 heavy (non-hydrogen) atoms. The molecule has 1 amide bonds. The third-order valence-corrected chi connectivity index (χ3v) is 3.83. The lowest BCUT2D eigenvalue weighted by Gasteiger charge is -2.11. The summed E-state index contributed by atoms with van der Waals surface area (Å²) in [5.74, 6) is 1.06. The van der Waals surface area contributed by atoms with Gasteiger partial charge < -0.3 is 11.1 Å². The van der Waals surface area contributed by atoms with Crippen molar-refractivity contribution in [1.29, 1.82) is 0 Å². The van der Waals surface area contributed by atoms with E-state index in [1.807, 2.05) is 6.07 Å². The van der Waals surface area contributed by atoms with E-state index in [-0.39, 0.29) is 5.91 Å². The molecule has 0 atom stereocenters. The van der Waals surface area contributed by atoms with Gasteiger partial charge in [-0.3, -0.25) is 4.79 Å². The van der Waals surface area contributed by atoms with Gasteiger partial charge in [0, 0.05) is 17.1 Å². The minimum atomic E-state index is 0.110. The molecule has 1 saturated carbocycles. The van der Waals surface area contributed by atoms with E-state index in [0.717, 1.165) is 17.7 Å². The number of nitrogens with one attached hydrogen (secondary N) is 1. The van der Waals surface area contributed by atoms with Crippen LogP contribution in [0, 0.1) is 0 Å². The number of rotatable bonds is 4. The van der Waals surface area contributed by atoms with E-state index < -0.39 is 0 Å². The summed E-state index contributed by atoms with van der Waals surface area (Å²) >= 11 is 1.49. The van der Waals surface area contributed by atoms with E-state index in [9.17, 15) is 4.79 Å². The molecule has 1 heterocycles. The van der Waals surface area contributed by atoms with Crippen LogP contribution in [-0.2, 0) is 4.79 Å². The van der Waals surface area contributed by atoms with Crippen molar-refractivity contribution in [3.8, 4) is 0 Å². The molecule has 0 aromatic carbocycles. The number of amides is 1. The standard InChI is InChI=1S/C12H17N3OS/c13-11-6-5-10(7-14-11)17-8-12(16)15-9-3-1-2-4-9/h5-7,9H,1-4,8H2,(H2,13,14)(H,15,16). The van der Waals surface area contributed by atoms with Crippen molar-refractivity contribution in [2.45, 2.75) is 36.6 Å². The SMILES string of the molecule is Nc1ccc(SCC(=O)NC2CCCC2)cn1. The zero-order chi connectivity index (χ0) is 12.1. The summed E-state index contributed by atoms with van der Waals surface area (Å²) in [7, 11) is 0. The molecule has 1 aliphatic rings. The van der Waals surface area contributed by atoms with Crippen molar-refractivity contribution in [3.05, 3.63) is 18.3 Å². The quantitative estimate of drug-likeness (QED) is 0.801. The van der Waals surface area contributed by atoms with Crippen molar-refractivity contribution in [2.75, 3.05) is 11.5 Å². The number of carbonyl (C=O) groups excluding carboxylic acids is 1. The Hall–Kier alpha value is -1.23. The Bertz CT molecular complexity index is 374. The van der Waals surface area contributed by atoms with Crippen LogP contribution in [0.3, 0.4) is 0 Å². The molecule has 0 saturated heterocycles. The third kappa shape index (κ3) is 3.93. The van der Waals surface area contributed by atoms with Gasteiger partial charge in [0.2, 0.25) is 5.91 Å². The molecule has 0 radical (unpaired) electrons. The highest BCUT2D eigenvalue weighted by molar-refractivity contribution is 8.00. The van der Waals surface area contributed by atoms with Crippen LogP contribution < -0.4 is 11.1 Å². The Balaban J connectivity index is 1.73. The lowest BCUT2D eigenvalue weighted by molar-refractivity contribution is -0.119. The van der Waals surface area contributed by atoms with Crippen LogP contribution in [0.1, 0.15) is 25.7 Å². The van der Waals surface area contributed by atoms with E-state index in [1.54, 1.807) is 12.3 Å². The van der Waals surface area contributed by atoms with E-state index in [0.29, 0.717) is 17.6 Å². The van der Waals surface area contributed by atoms with Crippen molar-refractivity contribution in [1.82, 2.24) is 10.3 Å². The molecule has 0 bridgehead atoms. The van der Waals surface area contributed by atoms with Crippen LogP contribution >= 0.6 is 11.8 Å². The van der Waals surface area contributed by atoms with Crippen LogP contribution in [0.5, 0.6) is 0 Å². The van der Waals surface area contributed by atoms with E-state index in [1.165, 1.54) is 24.6 Å². The summed E-state index contributed by atoms with van der Waals surface area (Å²) in [6, 6.07) is 4.03. The monoisotopic (exact) mass is 251 g/mol. The van der Waals surface area contributed by atoms with Crippen LogP contribution in [0.4, 0.5) is 5.82 Å². The second kappa shape index (κ2) is 5.91. The average Bonchev–Trinajstić information content (AvgIpc) is 2.81. The molecule has 1 aromatic rings. The highest BCUT2D eigenvalue weighted by Gasteiger charge is 2.16. The highest BCUT2D eigenvalue weighted by atomic mass is 32.2. The number of carbonyl (C=O) groups is 1. The number of pyridine rings is 1. The number of aromatic nitrogens is 1. The Kier molecular flexibility index (Phi) is 4.25. The highest BCUT2D eigenvalue weighted by Crippen LogP contribution is 2.19. The van der Waals surface area contributed by atoms with Crippen molar-refractivity contribution in [2.24, 2.45) is 0 Å². The average molecular weight is 251 g/mol. The lowest BCUT2D eigenvalue weighted by atomic mass is 10.2. The maximum absolute atomic E-state index is 11.7. The molecular formula is C12H17N3OS. The molecule has 0 unspecified atom stereocenters. The van der Waals surface area contributed by atoms with Crippen molar-refractivity contribution < 1.29 is 4.79 Å². The van der Waals surface area contributed by atoms with Crippen molar-refractivity contribution >= 4 is 23.5 Å². The minimum Gasteiger partial charge on any atom is -0.384 e. The number of nitrogen functional groups attached to an aromatic ring is 1. The van der Waals surface area contributed by atoms with Crippen LogP contribution in [-0.4, -0.2) is 22.7 Å². The maximum Gasteiger partial charge on any atom is 0.230 e. The van der Waals surface area contributed by atoms with Gasteiger partial charge >= 0.3 is 0 Å². The molecule has 1 aliphatic carbocycles. The number of hydrogen-bond acceptors (Lipinski definition) is 4. The molecule has 2 rings (SSSR count). The second-order valence-electron chi connectivity index (χ2n) is 4.26. The number of hydrogen-bond donors (Lipinski definition) is 2. The first-order valence-corrected chi connectivity index (χ1v) is 6.86. The number of anilines is 1. The zero-order valence-electron chi connectivity index (χ0n) is 9.69. The first kappa shape index (κ1) is 12.2. The fourth-order valence-electron chi connectivity index (χ4n) is 1.97. The molecular weight excluding hydrogens is 234 g/mol. The normalized spacial score (nSPS) is 16.0. The van der Waals surface area contributed by atoms with Gasteiger partial charge in [0.1, 0.15) is 5.82 Å². The largest absolute Gasteiger partial charge is 0.384 e.